The summed E-state index contributed by atoms with van der Waals surface area (Å²) in [6, 6.07) is 20.5. The van der Waals surface area contributed by atoms with Crippen LogP contribution >= 0.6 is 0 Å². The maximum atomic E-state index is 11.0. The summed E-state index contributed by atoms with van der Waals surface area (Å²) in [5, 5.41) is 20.0. The lowest BCUT2D eigenvalue weighted by atomic mass is 10.1. The number of carbonyl (C=O) groups excluding carboxylic acids is 1. The largest absolute Gasteiger partial charge is 0.395 e. The first kappa shape index (κ1) is 25.0. The van der Waals surface area contributed by atoms with E-state index in [4.69, 9.17) is 11.5 Å². The minimum Gasteiger partial charge on any atom is -0.395 e. The number of amides is 1. The van der Waals surface area contributed by atoms with E-state index >= 15 is 0 Å². The fourth-order valence-corrected chi connectivity index (χ4v) is 3.42. The van der Waals surface area contributed by atoms with Crippen LogP contribution < -0.4 is 27.4 Å². The number of nitrogens with two attached hydrogens (primary N) is 2. The minimum absolute atomic E-state index is 0.0213. The molecule has 7 heteroatoms. The van der Waals surface area contributed by atoms with Crippen molar-refractivity contribution >= 4 is 5.91 Å². The first-order chi connectivity index (χ1) is 15.1. The monoisotopic (exact) mass is 427 g/mol. The summed E-state index contributed by atoms with van der Waals surface area (Å²) in [4.78, 5) is 11.0. The van der Waals surface area contributed by atoms with Gasteiger partial charge < -0.3 is 32.5 Å². The van der Waals surface area contributed by atoms with Crippen molar-refractivity contribution in [3.63, 3.8) is 0 Å². The predicted octanol–water partition coefficient (Wildman–Crippen LogP) is 0.173. The molecule has 0 fully saturated rings. The normalized spacial score (nSPS) is 14.1. The second kappa shape index (κ2) is 14.7. The molecular weight excluding hydrogens is 390 g/mol. The van der Waals surface area contributed by atoms with Gasteiger partial charge in [-0.2, -0.15) is 0 Å². The van der Waals surface area contributed by atoms with E-state index in [0.717, 1.165) is 12.8 Å². The molecule has 3 atom stereocenters. The van der Waals surface area contributed by atoms with Crippen LogP contribution in [0.25, 0.3) is 0 Å². The van der Waals surface area contributed by atoms with Crippen LogP contribution in [0.15, 0.2) is 60.7 Å². The molecule has 0 saturated heterocycles. The molecule has 2 rings (SSSR count). The second-order valence-electron chi connectivity index (χ2n) is 7.95. The van der Waals surface area contributed by atoms with E-state index in [-0.39, 0.29) is 30.6 Å². The Morgan fingerprint density at radius 3 is 2.00 bits per heavy atom. The van der Waals surface area contributed by atoms with Gasteiger partial charge >= 0.3 is 0 Å². The van der Waals surface area contributed by atoms with Crippen molar-refractivity contribution in [2.45, 2.75) is 37.4 Å². The van der Waals surface area contributed by atoms with Crippen LogP contribution in [0.3, 0.4) is 0 Å². The summed E-state index contributed by atoms with van der Waals surface area (Å²) >= 11 is 0. The molecule has 0 radical (unpaired) electrons. The van der Waals surface area contributed by atoms with E-state index in [1.165, 1.54) is 11.1 Å². The van der Waals surface area contributed by atoms with Crippen molar-refractivity contribution in [3.05, 3.63) is 71.8 Å². The molecule has 2 aromatic carbocycles. The molecule has 2 aromatic rings. The molecule has 7 nitrogen and oxygen atoms in total. The summed E-state index contributed by atoms with van der Waals surface area (Å²) in [6.45, 7) is 2.52. The Kier molecular flexibility index (Phi) is 11.8. The van der Waals surface area contributed by atoms with Gasteiger partial charge in [-0.1, -0.05) is 60.7 Å². The van der Waals surface area contributed by atoms with Gasteiger partial charge in [0.2, 0.25) is 5.91 Å². The molecule has 0 saturated carbocycles. The topological polar surface area (TPSA) is 125 Å². The van der Waals surface area contributed by atoms with Crippen molar-refractivity contribution in [2.24, 2.45) is 11.5 Å². The van der Waals surface area contributed by atoms with E-state index < -0.39 is 0 Å². The minimum atomic E-state index is -0.309. The van der Waals surface area contributed by atoms with Crippen LogP contribution in [0.1, 0.15) is 17.5 Å². The fourth-order valence-electron chi connectivity index (χ4n) is 3.42. The summed E-state index contributed by atoms with van der Waals surface area (Å²) in [5.74, 6) is -0.309. The third-order valence-electron chi connectivity index (χ3n) is 5.15. The predicted molar refractivity (Wildman–Crippen MR) is 126 cm³/mol. The molecule has 0 bridgehead atoms. The van der Waals surface area contributed by atoms with Gasteiger partial charge in [0.05, 0.1) is 6.61 Å². The highest BCUT2D eigenvalue weighted by Crippen LogP contribution is 2.04. The van der Waals surface area contributed by atoms with E-state index in [0.29, 0.717) is 32.6 Å². The number of aliphatic hydroxyl groups is 1. The van der Waals surface area contributed by atoms with Gasteiger partial charge in [0.1, 0.15) is 0 Å². The summed E-state index contributed by atoms with van der Waals surface area (Å²) < 4.78 is 0. The van der Waals surface area contributed by atoms with Crippen LogP contribution in [-0.2, 0) is 17.6 Å². The lowest BCUT2D eigenvalue weighted by molar-refractivity contribution is -0.117. The quantitative estimate of drug-likeness (QED) is 0.212. The van der Waals surface area contributed by atoms with Crippen molar-refractivity contribution in [2.75, 3.05) is 32.8 Å². The second-order valence-corrected chi connectivity index (χ2v) is 7.95. The fraction of sp³-hybridized carbons (Fsp3) is 0.458. The van der Waals surface area contributed by atoms with Crippen molar-refractivity contribution in [3.8, 4) is 0 Å². The first-order valence-electron chi connectivity index (χ1n) is 11.0. The smallest absolute Gasteiger partial charge is 0.218 e. The van der Waals surface area contributed by atoms with Gasteiger partial charge in [-0.3, -0.25) is 4.79 Å². The van der Waals surface area contributed by atoms with Crippen LogP contribution in [0.4, 0.5) is 0 Å². The Balaban J connectivity index is 1.79. The van der Waals surface area contributed by atoms with Crippen LogP contribution in [-0.4, -0.2) is 61.9 Å². The van der Waals surface area contributed by atoms with Crippen molar-refractivity contribution < 1.29 is 9.90 Å². The van der Waals surface area contributed by atoms with Gasteiger partial charge in [0.25, 0.3) is 0 Å². The number of primary amides is 1. The number of benzene rings is 2. The molecule has 0 aliphatic rings. The highest BCUT2D eigenvalue weighted by molar-refractivity contribution is 5.73. The number of carbonyl (C=O) groups is 1. The van der Waals surface area contributed by atoms with Crippen LogP contribution in [0.5, 0.6) is 0 Å². The third-order valence-corrected chi connectivity index (χ3v) is 5.15. The van der Waals surface area contributed by atoms with E-state index in [9.17, 15) is 9.90 Å². The Hall–Kier alpha value is -2.29. The van der Waals surface area contributed by atoms with Crippen LogP contribution in [0.2, 0.25) is 0 Å². The van der Waals surface area contributed by atoms with Gasteiger partial charge in [-0.05, 0) is 24.0 Å². The molecule has 31 heavy (non-hydrogen) atoms. The SMILES string of the molecule is NC(=O)CCNC[C@H](Cc1ccccc1)NC[C@H](CO)NC[C@@H](N)Cc1ccccc1. The van der Waals surface area contributed by atoms with E-state index in [1.807, 2.05) is 36.4 Å². The maximum Gasteiger partial charge on any atom is 0.218 e. The Bertz CT molecular complexity index is 729. The molecule has 8 N–H and O–H groups in total. The van der Waals surface area contributed by atoms with E-state index in [2.05, 4.69) is 40.2 Å². The van der Waals surface area contributed by atoms with Crippen molar-refractivity contribution in [1.29, 1.82) is 0 Å². The Morgan fingerprint density at radius 1 is 0.839 bits per heavy atom. The average Bonchev–Trinajstić information content (AvgIpc) is 2.77. The first-order valence-corrected chi connectivity index (χ1v) is 11.0. The van der Waals surface area contributed by atoms with Crippen molar-refractivity contribution in [1.82, 2.24) is 16.0 Å². The molecule has 0 unspecified atom stereocenters. The number of hydrogen-bond donors (Lipinski definition) is 6. The lowest BCUT2D eigenvalue weighted by Gasteiger charge is -2.24. The maximum absolute atomic E-state index is 11.0. The highest BCUT2D eigenvalue weighted by atomic mass is 16.3. The molecular formula is C24H37N5O2. The molecule has 0 aromatic heterocycles. The zero-order valence-corrected chi connectivity index (χ0v) is 18.2. The molecule has 0 aliphatic carbocycles. The summed E-state index contributed by atoms with van der Waals surface area (Å²) in [7, 11) is 0. The van der Waals surface area contributed by atoms with Gasteiger partial charge in [-0.15, -0.1) is 0 Å². The van der Waals surface area contributed by atoms with Gasteiger partial charge in [-0.25, -0.2) is 0 Å². The number of aliphatic hydroxyl groups excluding tert-OH is 1. The number of hydrogen-bond acceptors (Lipinski definition) is 6. The molecule has 0 aliphatic heterocycles. The third kappa shape index (κ3) is 11.1. The zero-order chi connectivity index (χ0) is 22.3. The zero-order valence-electron chi connectivity index (χ0n) is 18.2. The average molecular weight is 428 g/mol. The van der Waals surface area contributed by atoms with Gasteiger partial charge in [0.15, 0.2) is 0 Å². The molecule has 1 amide bonds. The lowest BCUT2D eigenvalue weighted by Crippen LogP contribution is -2.50. The van der Waals surface area contributed by atoms with Gasteiger partial charge in [0, 0.05) is 50.7 Å². The summed E-state index contributed by atoms with van der Waals surface area (Å²) in [6.07, 6.45) is 1.95. The molecule has 170 valence electrons. The molecule has 0 spiro atoms. The molecule has 0 heterocycles. The summed E-state index contributed by atoms with van der Waals surface area (Å²) in [5.41, 5.74) is 13.9. The number of rotatable bonds is 16. The Labute approximate surface area is 185 Å². The standard InChI is InChI=1S/C24H37N5O2/c25-21(13-19-7-3-1-4-8-19)15-28-23(18-30)17-29-22(16-27-12-11-24(26)31)14-20-9-5-2-6-10-20/h1-10,21-23,27-30H,11-18,25H2,(H2,26,31)/t21-,22-,23+/m0/s1. The van der Waals surface area contributed by atoms with Crippen LogP contribution in [0, 0.1) is 0 Å². The Morgan fingerprint density at radius 2 is 1.42 bits per heavy atom. The van der Waals surface area contributed by atoms with E-state index in [1.54, 1.807) is 0 Å². The number of nitrogens with one attached hydrogen (secondary N) is 3. The highest BCUT2D eigenvalue weighted by Gasteiger charge is 2.14.